The van der Waals surface area contributed by atoms with Crippen LogP contribution in [0.3, 0.4) is 0 Å². The average molecular weight is 379 g/mol. The molecule has 0 aliphatic rings. The Morgan fingerprint density at radius 2 is 1.78 bits per heavy atom. The summed E-state index contributed by atoms with van der Waals surface area (Å²) in [6, 6.07) is 20.7. The van der Waals surface area contributed by atoms with Gasteiger partial charge < -0.3 is 5.32 Å². The Bertz CT molecular complexity index is 953. The summed E-state index contributed by atoms with van der Waals surface area (Å²) in [6.07, 6.45) is 0. The van der Waals surface area contributed by atoms with Gasteiger partial charge in [0.1, 0.15) is 5.69 Å². The first-order chi connectivity index (χ1) is 13.1. The van der Waals surface area contributed by atoms with Crippen LogP contribution in [0.15, 0.2) is 76.4 Å². The van der Waals surface area contributed by atoms with Gasteiger partial charge >= 0.3 is 0 Å². The minimum Gasteiger partial charge on any atom is -0.350 e. The Morgan fingerprint density at radius 3 is 2.52 bits per heavy atom. The van der Waals surface area contributed by atoms with E-state index in [1.807, 2.05) is 30.3 Å². The molecule has 0 saturated heterocycles. The van der Waals surface area contributed by atoms with Crippen LogP contribution in [0.2, 0.25) is 0 Å². The smallest absolute Gasteiger partial charge is 0.271 e. The summed E-state index contributed by atoms with van der Waals surface area (Å²) in [7, 11) is 0. The van der Waals surface area contributed by atoms with Crippen LogP contribution in [0.5, 0.6) is 0 Å². The van der Waals surface area contributed by atoms with E-state index < -0.39 is 0 Å². The fourth-order valence-corrected chi connectivity index (χ4v) is 3.27. The lowest BCUT2D eigenvalue weighted by Crippen LogP contribution is -2.31. The summed E-state index contributed by atoms with van der Waals surface area (Å²) < 4.78 is 1.31. The molecule has 5 nitrogen and oxygen atoms in total. The highest BCUT2D eigenvalue weighted by Crippen LogP contribution is 2.17. The molecule has 0 aliphatic carbocycles. The van der Waals surface area contributed by atoms with Crippen LogP contribution >= 0.6 is 11.8 Å². The molecular weight excluding hydrogens is 358 g/mol. The summed E-state index contributed by atoms with van der Waals surface area (Å²) in [6.45, 7) is 2.92. The third kappa shape index (κ3) is 5.56. The number of carbonyl (C=O) groups is 1. The molecule has 1 amide bonds. The number of nitrogens with one attached hydrogen (secondary N) is 1. The first kappa shape index (κ1) is 18.9. The fourth-order valence-electron chi connectivity index (χ4n) is 2.50. The maximum absolute atomic E-state index is 12.3. The first-order valence-electron chi connectivity index (χ1n) is 8.71. The highest BCUT2D eigenvalue weighted by Gasteiger charge is 2.09. The van der Waals surface area contributed by atoms with E-state index in [0.29, 0.717) is 13.1 Å². The second-order valence-electron chi connectivity index (χ2n) is 6.12. The maximum atomic E-state index is 12.3. The lowest BCUT2D eigenvalue weighted by atomic mass is 10.2. The number of aryl methyl sites for hydroxylation is 1. The highest BCUT2D eigenvalue weighted by molar-refractivity contribution is 7.99. The predicted molar refractivity (Wildman–Crippen MR) is 108 cm³/mol. The SMILES string of the molecule is Cc1ccc(SCCNC(=O)c2ccc(=O)n(Cc3ccccc3)n2)cc1. The Hall–Kier alpha value is -2.86. The number of hydrogen-bond acceptors (Lipinski definition) is 4. The quantitative estimate of drug-likeness (QED) is 0.506. The van der Waals surface area contributed by atoms with E-state index in [4.69, 9.17) is 0 Å². The fraction of sp³-hybridized carbons (Fsp3) is 0.190. The van der Waals surface area contributed by atoms with Crippen molar-refractivity contribution >= 4 is 17.7 Å². The Balaban J connectivity index is 1.55. The first-order valence-corrected chi connectivity index (χ1v) is 9.70. The molecule has 0 fully saturated rings. The van der Waals surface area contributed by atoms with Gasteiger partial charge in [0.2, 0.25) is 0 Å². The number of benzene rings is 2. The van der Waals surface area contributed by atoms with Gasteiger partial charge in [0.25, 0.3) is 11.5 Å². The van der Waals surface area contributed by atoms with Gasteiger partial charge in [-0.15, -0.1) is 11.8 Å². The second-order valence-corrected chi connectivity index (χ2v) is 7.29. The molecule has 1 N–H and O–H groups in total. The summed E-state index contributed by atoms with van der Waals surface area (Å²) in [5, 5.41) is 7.05. The van der Waals surface area contributed by atoms with Crippen LogP contribution in [0, 0.1) is 6.92 Å². The third-order valence-corrected chi connectivity index (χ3v) is 4.97. The second kappa shape index (κ2) is 9.19. The number of carbonyl (C=O) groups excluding carboxylic acids is 1. The van der Waals surface area contributed by atoms with Crippen LogP contribution in [-0.4, -0.2) is 28.0 Å². The van der Waals surface area contributed by atoms with Crippen LogP contribution in [0.1, 0.15) is 21.6 Å². The normalized spacial score (nSPS) is 10.6. The van der Waals surface area contributed by atoms with Crippen molar-refractivity contribution in [3.63, 3.8) is 0 Å². The van der Waals surface area contributed by atoms with Crippen molar-refractivity contribution < 1.29 is 4.79 Å². The monoisotopic (exact) mass is 379 g/mol. The lowest BCUT2D eigenvalue weighted by Gasteiger charge is -2.08. The van der Waals surface area contributed by atoms with Gasteiger partial charge in [0.05, 0.1) is 6.54 Å². The van der Waals surface area contributed by atoms with E-state index in [9.17, 15) is 9.59 Å². The number of hydrogen-bond donors (Lipinski definition) is 1. The van der Waals surface area contributed by atoms with E-state index in [0.717, 1.165) is 11.3 Å². The summed E-state index contributed by atoms with van der Waals surface area (Å²) in [5.41, 5.74) is 2.19. The van der Waals surface area contributed by atoms with Gasteiger partial charge in [-0.2, -0.15) is 5.10 Å². The zero-order chi connectivity index (χ0) is 19.1. The van der Waals surface area contributed by atoms with Crippen molar-refractivity contribution in [1.29, 1.82) is 0 Å². The lowest BCUT2D eigenvalue weighted by molar-refractivity contribution is 0.0948. The molecule has 3 rings (SSSR count). The molecule has 1 aromatic heterocycles. The number of aromatic nitrogens is 2. The third-order valence-electron chi connectivity index (χ3n) is 3.95. The summed E-state index contributed by atoms with van der Waals surface area (Å²) in [4.78, 5) is 25.5. The van der Waals surface area contributed by atoms with Gasteiger partial charge in [0, 0.05) is 23.3 Å². The largest absolute Gasteiger partial charge is 0.350 e. The molecule has 3 aromatic rings. The number of rotatable bonds is 7. The standard InChI is InChI=1S/C21H21N3O2S/c1-16-7-9-18(10-8-16)27-14-13-22-21(26)19-11-12-20(25)24(23-19)15-17-5-3-2-4-6-17/h2-12H,13-15H2,1H3,(H,22,26). The van der Waals surface area contributed by atoms with Crippen molar-refractivity contribution in [2.45, 2.75) is 18.4 Å². The number of thioether (sulfide) groups is 1. The van der Waals surface area contributed by atoms with Gasteiger partial charge in [0.15, 0.2) is 0 Å². The zero-order valence-electron chi connectivity index (χ0n) is 15.1. The number of amides is 1. The zero-order valence-corrected chi connectivity index (χ0v) is 15.9. The van der Waals surface area contributed by atoms with Crippen LogP contribution in [0.25, 0.3) is 0 Å². The average Bonchev–Trinajstić information content (AvgIpc) is 2.69. The minimum atomic E-state index is -0.277. The van der Waals surface area contributed by atoms with Crippen molar-refractivity contribution in [2.24, 2.45) is 0 Å². The van der Waals surface area contributed by atoms with Crippen molar-refractivity contribution in [3.8, 4) is 0 Å². The summed E-state index contributed by atoms with van der Waals surface area (Å²) in [5.74, 6) is 0.486. The van der Waals surface area contributed by atoms with Crippen molar-refractivity contribution in [1.82, 2.24) is 15.1 Å². The molecule has 1 heterocycles. The predicted octanol–water partition coefficient (Wildman–Crippen LogP) is 3.12. The van der Waals surface area contributed by atoms with Crippen LogP contribution < -0.4 is 10.9 Å². The maximum Gasteiger partial charge on any atom is 0.271 e. The Morgan fingerprint density at radius 1 is 1.04 bits per heavy atom. The number of nitrogens with zero attached hydrogens (tertiary/aromatic N) is 2. The Labute approximate surface area is 162 Å². The van der Waals surface area contributed by atoms with E-state index in [-0.39, 0.29) is 17.2 Å². The topological polar surface area (TPSA) is 64.0 Å². The van der Waals surface area contributed by atoms with E-state index in [1.54, 1.807) is 11.8 Å². The minimum absolute atomic E-state index is 0.231. The van der Waals surface area contributed by atoms with Gasteiger partial charge in [-0.3, -0.25) is 9.59 Å². The molecule has 0 radical (unpaired) electrons. The van der Waals surface area contributed by atoms with E-state index >= 15 is 0 Å². The van der Waals surface area contributed by atoms with Crippen LogP contribution in [-0.2, 0) is 6.54 Å². The Kier molecular flexibility index (Phi) is 6.44. The van der Waals surface area contributed by atoms with Gasteiger partial charge in [-0.1, -0.05) is 48.0 Å². The molecule has 138 valence electrons. The molecule has 0 spiro atoms. The van der Waals surface area contributed by atoms with Crippen LogP contribution in [0.4, 0.5) is 0 Å². The molecule has 6 heteroatoms. The van der Waals surface area contributed by atoms with Gasteiger partial charge in [-0.05, 0) is 30.7 Å². The molecule has 0 bridgehead atoms. The van der Waals surface area contributed by atoms with Crippen molar-refractivity contribution in [2.75, 3.05) is 12.3 Å². The van der Waals surface area contributed by atoms with E-state index in [2.05, 4.69) is 41.6 Å². The summed E-state index contributed by atoms with van der Waals surface area (Å²) >= 11 is 1.68. The van der Waals surface area contributed by atoms with Crippen molar-refractivity contribution in [3.05, 3.63) is 93.9 Å². The van der Waals surface area contributed by atoms with Gasteiger partial charge in [-0.25, -0.2) is 4.68 Å². The molecule has 0 saturated carbocycles. The highest BCUT2D eigenvalue weighted by atomic mass is 32.2. The molecule has 2 aromatic carbocycles. The molecular formula is C21H21N3O2S. The molecule has 0 aliphatic heterocycles. The molecule has 0 atom stereocenters. The molecule has 27 heavy (non-hydrogen) atoms. The molecule has 0 unspecified atom stereocenters. The van der Waals surface area contributed by atoms with E-state index in [1.165, 1.54) is 27.3 Å².